The maximum Gasteiger partial charge on any atom is 0.269 e. The van der Waals surface area contributed by atoms with Gasteiger partial charge in [-0.2, -0.15) is 0 Å². The Bertz CT molecular complexity index is 377. The van der Waals surface area contributed by atoms with E-state index in [1.54, 1.807) is 12.1 Å². The fraction of sp³-hybridized carbons (Fsp3) is 0.455. The fourth-order valence-corrected chi connectivity index (χ4v) is 2.00. The number of hydrogen-bond acceptors (Lipinski definition) is 4. The number of aliphatic hydroxyl groups is 1. The van der Waals surface area contributed by atoms with Crippen molar-refractivity contribution >= 4 is 11.4 Å². The van der Waals surface area contributed by atoms with Gasteiger partial charge in [0, 0.05) is 17.8 Å². The van der Waals surface area contributed by atoms with Crippen LogP contribution in [0, 0.1) is 10.1 Å². The average Bonchev–Trinajstić information content (AvgIpc) is 2.65. The van der Waals surface area contributed by atoms with E-state index in [2.05, 4.69) is 5.32 Å². The second-order valence-electron chi connectivity index (χ2n) is 4.05. The van der Waals surface area contributed by atoms with Crippen LogP contribution in [0.25, 0.3) is 0 Å². The highest BCUT2D eigenvalue weighted by molar-refractivity contribution is 5.49. The summed E-state index contributed by atoms with van der Waals surface area (Å²) >= 11 is 0. The van der Waals surface area contributed by atoms with Crippen LogP contribution >= 0.6 is 0 Å². The lowest BCUT2D eigenvalue weighted by molar-refractivity contribution is -0.384. The Morgan fingerprint density at radius 2 is 2.00 bits per heavy atom. The smallest absolute Gasteiger partial charge is 0.269 e. The van der Waals surface area contributed by atoms with E-state index in [0.717, 1.165) is 24.9 Å². The Morgan fingerprint density at radius 1 is 1.31 bits per heavy atom. The number of nitro groups is 1. The van der Waals surface area contributed by atoms with E-state index in [1.807, 2.05) is 0 Å². The number of nitrogens with one attached hydrogen (secondary N) is 1. The largest absolute Gasteiger partial charge is 0.391 e. The van der Waals surface area contributed by atoms with Gasteiger partial charge in [-0.05, 0) is 31.4 Å². The molecule has 0 saturated heterocycles. The summed E-state index contributed by atoms with van der Waals surface area (Å²) in [6, 6.07) is 6.33. The van der Waals surface area contributed by atoms with Crippen molar-refractivity contribution < 1.29 is 10.0 Å². The zero-order valence-corrected chi connectivity index (χ0v) is 8.80. The Hall–Kier alpha value is -1.62. The predicted molar refractivity (Wildman–Crippen MR) is 60.4 cm³/mol. The van der Waals surface area contributed by atoms with E-state index >= 15 is 0 Å². The van der Waals surface area contributed by atoms with E-state index in [0.29, 0.717) is 0 Å². The number of anilines is 1. The summed E-state index contributed by atoms with van der Waals surface area (Å²) in [5, 5.41) is 23.3. The average molecular weight is 222 g/mol. The van der Waals surface area contributed by atoms with E-state index in [4.69, 9.17) is 0 Å². The number of non-ortho nitro benzene ring substituents is 1. The van der Waals surface area contributed by atoms with Crippen LogP contribution in [0.1, 0.15) is 19.3 Å². The molecule has 0 aromatic heterocycles. The first-order valence-corrected chi connectivity index (χ1v) is 5.36. The Kier molecular flexibility index (Phi) is 3.05. The molecule has 0 bridgehead atoms. The number of aliphatic hydroxyl groups excluding tert-OH is 1. The van der Waals surface area contributed by atoms with Gasteiger partial charge in [0.2, 0.25) is 0 Å². The van der Waals surface area contributed by atoms with E-state index < -0.39 is 4.92 Å². The first kappa shape index (κ1) is 10.9. The van der Waals surface area contributed by atoms with Crippen molar-refractivity contribution in [2.45, 2.75) is 31.4 Å². The number of nitro benzene ring substituents is 1. The summed E-state index contributed by atoms with van der Waals surface area (Å²) in [5.41, 5.74) is 0.897. The molecule has 0 unspecified atom stereocenters. The van der Waals surface area contributed by atoms with E-state index in [9.17, 15) is 15.2 Å². The molecule has 2 atom stereocenters. The molecule has 1 fully saturated rings. The Morgan fingerprint density at radius 3 is 2.50 bits per heavy atom. The molecule has 0 spiro atoms. The number of rotatable bonds is 3. The first-order valence-electron chi connectivity index (χ1n) is 5.36. The second-order valence-corrected chi connectivity index (χ2v) is 4.05. The molecule has 0 radical (unpaired) electrons. The van der Waals surface area contributed by atoms with Crippen molar-refractivity contribution in [1.82, 2.24) is 0 Å². The quantitative estimate of drug-likeness (QED) is 0.605. The number of benzene rings is 1. The zero-order chi connectivity index (χ0) is 11.5. The molecule has 1 saturated carbocycles. The standard InChI is InChI=1S/C11H14N2O3/c14-11-3-1-2-10(11)12-8-4-6-9(7-5-8)13(15)16/h4-7,10-12,14H,1-3H2/t10-,11-/m0/s1. The molecule has 1 aromatic rings. The number of nitrogens with zero attached hydrogens (tertiary/aromatic N) is 1. The van der Waals surface area contributed by atoms with Gasteiger partial charge in [-0.3, -0.25) is 10.1 Å². The van der Waals surface area contributed by atoms with Crippen LogP contribution in [0.15, 0.2) is 24.3 Å². The summed E-state index contributed by atoms with van der Waals surface area (Å²) in [7, 11) is 0. The molecule has 16 heavy (non-hydrogen) atoms. The summed E-state index contributed by atoms with van der Waals surface area (Å²) in [5.74, 6) is 0. The van der Waals surface area contributed by atoms with Gasteiger partial charge in [0.05, 0.1) is 17.1 Å². The monoisotopic (exact) mass is 222 g/mol. The Labute approximate surface area is 93.2 Å². The molecule has 0 amide bonds. The molecule has 86 valence electrons. The lowest BCUT2D eigenvalue weighted by Gasteiger charge is -2.17. The van der Waals surface area contributed by atoms with Crippen LogP contribution in [0.5, 0.6) is 0 Å². The summed E-state index contributed by atoms with van der Waals surface area (Å²) in [4.78, 5) is 10.0. The highest BCUT2D eigenvalue weighted by Crippen LogP contribution is 2.24. The van der Waals surface area contributed by atoms with Crippen molar-refractivity contribution in [2.24, 2.45) is 0 Å². The molecule has 1 aliphatic rings. The molecule has 5 nitrogen and oxygen atoms in total. The van der Waals surface area contributed by atoms with Gasteiger partial charge in [0.25, 0.3) is 5.69 Å². The van der Waals surface area contributed by atoms with Gasteiger partial charge < -0.3 is 10.4 Å². The second kappa shape index (κ2) is 4.49. The lowest BCUT2D eigenvalue weighted by atomic mass is 10.2. The van der Waals surface area contributed by atoms with Gasteiger partial charge in [-0.25, -0.2) is 0 Å². The van der Waals surface area contributed by atoms with Crippen molar-refractivity contribution in [1.29, 1.82) is 0 Å². The highest BCUT2D eigenvalue weighted by atomic mass is 16.6. The third kappa shape index (κ3) is 2.30. The van der Waals surface area contributed by atoms with Crippen molar-refractivity contribution in [2.75, 3.05) is 5.32 Å². The SMILES string of the molecule is O=[N+]([O-])c1ccc(N[C@H]2CCC[C@@H]2O)cc1. The first-order chi connectivity index (χ1) is 7.66. The van der Waals surface area contributed by atoms with Crippen LogP contribution in [-0.4, -0.2) is 22.2 Å². The molecule has 5 heteroatoms. The molecular weight excluding hydrogens is 208 g/mol. The third-order valence-electron chi connectivity index (χ3n) is 2.91. The molecule has 1 aromatic carbocycles. The topological polar surface area (TPSA) is 75.4 Å². The molecule has 2 rings (SSSR count). The van der Waals surface area contributed by atoms with Gasteiger partial charge in [-0.1, -0.05) is 0 Å². The fourth-order valence-electron chi connectivity index (χ4n) is 2.00. The maximum atomic E-state index is 10.5. The summed E-state index contributed by atoms with van der Waals surface area (Å²) in [6.45, 7) is 0. The van der Waals surface area contributed by atoms with E-state index in [1.165, 1.54) is 12.1 Å². The predicted octanol–water partition coefficient (Wildman–Crippen LogP) is 1.92. The zero-order valence-electron chi connectivity index (χ0n) is 8.80. The van der Waals surface area contributed by atoms with E-state index in [-0.39, 0.29) is 17.8 Å². The van der Waals surface area contributed by atoms with Crippen molar-refractivity contribution in [3.05, 3.63) is 34.4 Å². The van der Waals surface area contributed by atoms with Crippen LogP contribution in [-0.2, 0) is 0 Å². The van der Waals surface area contributed by atoms with Crippen molar-refractivity contribution in [3.63, 3.8) is 0 Å². The van der Waals surface area contributed by atoms with Crippen LogP contribution in [0.2, 0.25) is 0 Å². The van der Waals surface area contributed by atoms with Gasteiger partial charge in [0.1, 0.15) is 0 Å². The van der Waals surface area contributed by atoms with Crippen molar-refractivity contribution in [3.8, 4) is 0 Å². The molecule has 1 aliphatic carbocycles. The van der Waals surface area contributed by atoms with Crippen LogP contribution in [0.4, 0.5) is 11.4 Å². The highest BCUT2D eigenvalue weighted by Gasteiger charge is 2.24. The minimum Gasteiger partial charge on any atom is -0.391 e. The molecular formula is C11H14N2O3. The molecule has 0 heterocycles. The Balaban J connectivity index is 2.02. The van der Waals surface area contributed by atoms with Crippen LogP contribution in [0.3, 0.4) is 0 Å². The molecule has 0 aliphatic heterocycles. The van der Waals surface area contributed by atoms with Crippen LogP contribution < -0.4 is 5.32 Å². The normalized spacial score (nSPS) is 24.3. The minimum atomic E-state index is -0.422. The summed E-state index contributed by atoms with van der Waals surface area (Å²) < 4.78 is 0. The lowest BCUT2D eigenvalue weighted by Crippen LogP contribution is -2.27. The molecule has 2 N–H and O–H groups in total. The third-order valence-corrected chi connectivity index (χ3v) is 2.91. The number of hydrogen-bond donors (Lipinski definition) is 2. The maximum absolute atomic E-state index is 10.5. The van der Waals surface area contributed by atoms with Gasteiger partial charge in [0.15, 0.2) is 0 Å². The minimum absolute atomic E-state index is 0.0708. The summed E-state index contributed by atoms with van der Waals surface area (Å²) in [6.07, 6.45) is 2.48. The van der Waals surface area contributed by atoms with Gasteiger partial charge >= 0.3 is 0 Å². The van der Waals surface area contributed by atoms with Gasteiger partial charge in [-0.15, -0.1) is 0 Å².